The molecule has 2 heteroatoms. The van der Waals surface area contributed by atoms with Crippen molar-refractivity contribution < 1.29 is 5.11 Å². The summed E-state index contributed by atoms with van der Waals surface area (Å²) in [5.74, 6) is 0. The first-order valence-electron chi connectivity index (χ1n) is 5.20. The molecule has 2 rings (SSSR count). The fourth-order valence-electron chi connectivity index (χ4n) is 1.85. The second-order valence-corrected chi connectivity index (χ2v) is 5.18. The van der Waals surface area contributed by atoms with Gasteiger partial charge in [0.25, 0.3) is 0 Å². The summed E-state index contributed by atoms with van der Waals surface area (Å²) in [4.78, 5) is 0. The van der Waals surface area contributed by atoms with Gasteiger partial charge in [-0.25, -0.2) is 0 Å². The van der Waals surface area contributed by atoms with Crippen LogP contribution in [-0.4, -0.2) is 21.5 Å². The maximum Gasteiger partial charge on any atom is 0.0578 e. The summed E-state index contributed by atoms with van der Waals surface area (Å²) in [6, 6.07) is 8.80. The van der Waals surface area contributed by atoms with Crippen LogP contribution in [0.2, 0.25) is 0 Å². The number of hydrogen-bond acceptors (Lipinski definition) is 1. The fraction of sp³-hybridized carbons (Fsp3) is 0.333. The Hall–Kier alpha value is -0.863. The third-order valence-corrected chi connectivity index (χ3v) is 3.47. The lowest BCUT2D eigenvalue weighted by Gasteiger charge is -2.17. The minimum Gasteiger partial charge on any atom is -0.393 e. The van der Waals surface area contributed by atoms with Crippen molar-refractivity contribution in [2.24, 2.45) is 0 Å². The van der Waals surface area contributed by atoms with E-state index >= 15 is 0 Å². The van der Waals surface area contributed by atoms with Gasteiger partial charge in [-0.05, 0) is 30.4 Å². The highest BCUT2D eigenvalue weighted by atomic mass is 28.1. The second kappa shape index (κ2) is 4.11. The summed E-state index contributed by atoms with van der Waals surface area (Å²) >= 11 is 0. The van der Waals surface area contributed by atoms with Gasteiger partial charge in [-0.3, -0.25) is 0 Å². The molecule has 1 nitrogen and oxygen atoms in total. The molecule has 0 radical (unpaired) electrons. The highest BCUT2D eigenvalue weighted by Crippen LogP contribution is 2.26. The first kappa shape index (κ1) is 9.68. The predicted molar refractivity (Wildman–Crippen MR) is 63.8 cm³/mol. The molecule has 1 aromatic rings. The molecule has 74 valence electrons. The van der Waals surface area contributed by atoms with Crippen LogP contribution in [0.1, 0.15) is 24.8 Å². The monoisotopic (exact) mass is 204 g/mol. The molecular weight excluding hydrogens is 188 g/mol. The number of aliphatic hydroxyl groups excluding tert-OH is 1. The molecule has 0 aromatic heterocycles. The van der Waals surface area contributed by atoms with Crippen LogP contribution in [0.3, 0.4) is 0 Å². The van der Waals surface area contributed by atoms with Gasteiger partial charge in [0.1, 0.15) is 0 Å². The van der Waals surface area contributed by atoms with Crippen LogP contribution in [-0.2, 0) is 0 Å². The number of aliphatic hydroxyl groups is 1. The van der Waals surface area contributed by atoms with E-state index in [2.05, 4.69) is 30.3 Å². The second-order valence-electron chi connectivity index (χ2n) is 4.02. The van der Waals surface area contributed by atoms with Crippen molar-refractivity contribution in [2.75, 3.05) is 0 Å². The molecule has 1 atom stereocenters. The van der Waals surface area contributed by atoms with Crippen LogP contribution in [0.5, 0.6) is 0 Å². The van der Waals surface area contributed by atoms with Gasteiger partial charge in [-0.2, -0.15) is 0 Å². The molecule has 1 aliphatic rings. The molecule has 0 saturated heterocycles. The van der Waals surface area contributed by atoms with Crippen molar-refractivity contribution in [3.63, 3.8) is 0 Å². The summed E-state index contributed by atoms with van der Waals surface area (Å²) < 4.78 is 0. The zero-order chi connectivity index (χ0) is 9.97. The number of hydrogen-bond donors (Lipinski definition) is 1. The van der Waals surface area contributed by atoms with E-state index in [-0.39, 0.29) is 6.10 Å². The minimum atomic E-state index is -0.114. The summed E-state index contributed by atoms with van der Waals surface area (Å²) in [5, 5.41) is 10.8. The van der Waals surface area contributed by atoms with Crippen molar-refractivity contribution in [1.29, 1.82) is 0 Å². The van der Waals surface area contributed by atoms with Gasteiger partial charge in [-0.1, -0.05) is 35.5 Å². The quantitative estimate of drug-likeness (QED) is 0.664. The zero-order valence-electron chi connectivity index (χ0n) is 8.53. The third-order valence-electron chi connectivity index (χ3n) is 2.81. The van der Waals surface area contributed by atoms with Crippen LogP contribution >= 0.6 is 0 Å². The van der Waals surface area contributed by atoms with Gasteiger partial charge in [-0.15, -0.1) is 0 Å². The normalized spacial score (nSPS) is 22.1. The van der Waals surface area contributed by atoms with Crippen LogP contribution in [0.25, 0.3) is 5.57 Å². The van der Waals surface area contributed by atoms with Crippen LogP contribution in [0, 0.1) is 0 Å². The summed E-state index contributed by atoms with van der Waals surface area (Å²) in [6.07, 6.45) is 4.81. The summed E-state index contributed by atoms with van der Waals surface area (Å²) in [7, 11) is 1.12. The molecule has 0 amide bonds. The first-order valence-corrected chi connectivity index (χ1v) is 6.20. The van der Waals surface area contributed by atoms with E-state index in [1.807, 2.05) is 0 Å². The molecule has 0 fully saturated rings. The van der Waals surface area contributed by atoms with Gasteiger partial charge in [0, 0.05) is 10.2 Å². The average Bonchev–Trinajstić information content (AvgIpc) is 2.21. The van der Waals surface area contributed by atoms with Crippen molar-refractivity contribution >= 4 is 21.0 Å². The van der Waals surface area contributed by atoms with Gasteiger partial charge < -0.3 is 5.11 Å². The molecule has 0 spiro atoms. The molecule has 0 bridgehead atoms. The van der Waals surface area contributed by atoms with E-state index in [9.17, 15) is 5.11 Å². The SMILES string of the molecule is OC1CC=C(c2ccc([SiH3])cc2)CC1. The summed E-state index contributed by atoms with van der Waals surface area (Å²) in [5.41, 5.74) is 2.73. The fourth-order valence-corrected chi connectivity index (χ4v) is 2.18. The Morgan fingerprint density at radius 3 is 2.50 bits per heavy atom. The first-order chi connectivity index (χ1) is 6.75. The number of allylic oxidation sites excluding steroid dienone is 1. The van der Waals surface area contributed by atoms with Crippen LogP contribution < -0.4 is 5.19 Å². The lowest BCUT2D eigenvalue weighted by atomic mass is 9.92. The third kappa shape index (κ3) is 2.14. The molecule has 14 heavy (non-hydrogen) atoms. The molecule has 1 N–H and O–H groups in total. The topological polar surface area (TPSA) is 20.2 Å². The number of benzene rings is 1. The molecule has 1 aromatic carbocycles. The maximum absolute atomic E-state index is 9.38. The van der Waals surface area contributed by atoms with Gasteiger partial charge in [0.2, 0.25) is 0 Å². The van der Waals surface area contributed by atoms with Gasteiger partial charge >= 0.3 is 0 Å². The average molecular weight is 204 g/mol. The predicted octanol–water partition coefficient (Wildman–Crippen LogP) is 0.605. The Bertz CT molecular complexity index is 340. The Labute approximate surface area is 87.9 Å². The van der Waals surface area contributed by atoms with Gasteiger partial charge in [0.05, 0.1) is 6.10 Å². The largest absolute Gasteiger partial charge is 0.393 e. The van der Waals surface area contributed by atoms with E-state index in [4.69, 9.17) is 0 Å². The highest BCUT2D eigenvalue weighted by Gasteiger charge is 2.12. The van der Waals surface area contributed by atoms with E-state index in [1.54, 1.807) is 0 Å². The Morgan fingerprint density at radius 1 is 1.21 bits per heavy atom. The van der Waals surface area contributed by atoms with Gasteiger partial charge in [0.15, 0.2) is 0 Å². The van der Waals surface area contributed by atoms with E-state index in [0.717, 1.165) is 29.5 Å². The Morgan fingerprint density at radius 2 is 1.93 bits per heavy atom. The smallest absolute Gasteiger partial charge is 0.0578 e. The molecule has 0 saturated carbocycles. The van der Waals surface area contributed by atoms with E-state index < -0.39 is 0 Å². The van der Waals surface area contributed by atoms with Crippen molar-refractivity contribution in [2.45, 2.75) is 25.4 Å². The molecular formula is C12H16OSi. The van der Waals surface area contributed by atoms with Crippen molar-refractivity contribution in [3.05, 3.63) is 35.9 Å². The molecule has 1 aliphatic carbocycles. The lowest BCUT2D eigenvalue weighted by molar-refractivity contribution is 0.166. The van der Waals surface area contributed by atoms with Crippen LogP contribution in [0.4, 0.5) is 0 Å². The van der Waals surface area contributed by atoms with Crippen molar-refractivity contribution in [3.8, 4) is 0 Å². The van der Waals surface area contributed by atoms with E-state index in [0.29, 0.717) is 0 Å². The highest BCUT2D eigenvalue weighted by molar-refractivity contribution is 6.32. The summed E-state index contributed by atoms with van der Waals surface area (Å²) in [6.45, 7) is 0. The number of rotatable bonds is 1. The molecule has 0 aliphatic heterocycles. The van der Waals surface area contributed by atoms with Crippen LogP contribution in [0.15, 0.2) is 30.3 Å². The lowest BCUT2D eigenvalue weighted by Crippen LogP contribution is -2.10. The standard InChI is InChI=1S/C12H16OSi/c13-11-5-1-9(2-6-11)10-3-7-12(14)8-4-10/h1,3-4,7-8,11,13H,2,5-6H2,14H3. The molecule has 0 heterocycles. The zero-order valence-corrected chi connectivity index (χ0v) is 10.5. The maximum atomic E-state index is 9.38. The Balaban J connectivity index is 2.19. The van der Waals surface area contributed by atoms with E-state index in [1.165, 1.54) is 16.3 Å². The molecule has 1 unspecified atom stereocenters. The minimum absolute atomic E-state index is 0.114. The van der Waals surface area contributed by atoms with Crippen molar-refractivity contribution in [1.82, 2.24) is 0 Å². The Kier molecular flexibility index (Phi) is 2.84.